The maximum Gasteiger partial charge on any atom is 0.0643 e. The topological polar surface area (TPSA) is 26.0 Å². The number of fused-ring (bicyclic) bond motifs is 1. The Balaban J connectivity index is 2.08. The molecule has 1 unspecified atom stereocenters. The van der Waals surface area contributed by atoms with Crippen molar-refractivity contribution in [2.75, 3.05) is 0 Å². The van der Waals surface area contributed by atoms with Crippen molar-refractivity contribution in [1.82, 2.24) is 0 Å². The minimum absolute atomic E-state index is 0.286. The van der Waals surface area contributed by atoms with Gasteiger partial charge in [-0.2, -0.15) is 0 Å². The number of halogens is 2. The van der Waals surface area contributed by atoms with Gasteiger partial charge in [0.05, 0.1) is 16.1 Å². The van der Waals surface area contributed by atoms with E-state index in [-0.39, 0.29) is 6.04 Å². The van der Waals surface area contributed by atoms with Crippen LogP contribution in [-0.2, 0) is 0 Å². The van der Waals surface area contributed by atoms with Crippen LogP contribution in [0.3, 0.4) is 0 Å². The van der Waals surface area contributed by atoms with Gasteiger partial charge in [-0.1, -0.05) is 71.7 Å². The van der Waals surface area contributed by atoms with E-state index in [4.69, 9.17) is 28.9 Å². The second-order valence-corrected chi connectivity index (χ2v) is 5.51. The van der Waals surface area contributed by atoms with Crippen LogP contribution in [0.5, 0.6) is 0 Å². The molecule has 0 saturated carbocycles. The van der Waals surface area contributed by atoms with E-state index in [1.807, 2.05) is 30.3 Å². The zero-order valence-electron chi connectivity index (χ0n) is 10.7. The fourth-order valence-corrected chi connectivity index (χ4v) is 2.77. The highest BCUT2D eigenvalue weighted by Crippen LogP contribution is 2.32. The zero-order chi connectivity index (χ0) is 14.1. The SMILES string of the molecule is NC(c1ccc2ccccc2c1)c1cccc(Cl)c1Cl. The van der Waals surface area contributed by atoms with Crippen LogP contribution in [0.1, 0.15) is 17.2 Å². The Morgan fingerprint density at radius 2 is 1.55 bits per heavy atom. The van der Waals surface area contributed by atoms with E-state index in [1.54, 1.807) is 6.07 Å². The summed E-state index contributed by atoms with van der Waals surface area (Å²) in [5, 5.41) is 3.41. The summed E-state index contributed by atoms with van der Waals surface area (Å²) in [6.07, 6.45) is 0. The van der Waals surface area contributed by atoms with E-state index in [0.29, 0.717) is 10.0 Å². The van der Waals surface area contributed by atoms with E-state index >= 15 is 0 Å². The highest BCUT2D eigenvalue weighted by atomic mass is 35.5. The van der Waals surface area contributed by atoms with Crippen LogP contribution >= 0.6 is 23.2 Å². The van der Waals surface area contributed by atoms with Crippen LogP contribution in [0, 0.1) is 0 Å². The number of rotatable bonds is 2. The lowest BCUT2D eigenvalue weighted by Crippen LogP contribution is -2.12. The highest BCUT2D eigenvalue weighted by Gasteiger charge is 2.14. The van der Waals surface area contributed by atoms with Gasteiger partial charge in [-0.05, 0) is 34.0 Å². The van der Waals surface area contributed by atoms with Gasteiger partial charge in [0.15, 0.2) is 0 Å². The van der Waals surface area contributed by atoms with Gasteiger partial charge >= 0.3 is 0 Å². The zero-order valence-corrected chi connectivity index (χ0v) is 12.2. The lowest BCUT2D eigenvalue weighted by atomic mass is 9.97. The Labute approximate surface area is 127 Å². The molecule has 3 aromatic rings. The molecular formula is C17H13Cl2N. The van der Waals surface area contributed by atoms with E-state index < -0.39 is 0 Å². The summed E-state index contributed by atoms with van der Waals surface area (Å²) in [5.41, 5.74) is 8.20. The summed E-state index contributed by atoms with van der Waals surface area (Å²) in [7, 11) is 0. The lowest BCUT2D eigenvalue weighted by molar-refractivity contribution is 0.874. The minimum atomic E-state index is -0.286. The van der Waals surface area contributed by atoms with Crippen molar-refractivity contribution in [1.29, 1.82) is 0 Å². The Bertz CT molecular complexity index is 768. The fourth-order valence-electron chi connectivity index (χ4n) is 2.34. The monoisotopic (exact) mass is 301 g/mol. The summed E-state index contributed by atoms with van der Waals surface area (Å²) < 4.78 is 0. The van der Waals surface area contributed by atoms with Crippen molar-refractivity contribution >= 4 is 34.0 Å². The molecule has 0 fully saturated rings. The first-order chi connectivity index (χ1) is 9.66. The molecule has 0 spiro atoms. The number of hydrogen-bond donors (Lipinski definition) is 1. The third kappa shape index (κ3) is 2.40. The quantitative estimate of drug-likeness (QED) is 0.692. The van der Waals surface area contributed by atoms with Gasteiger partial charge in [0.2, 0.25) is 0 Å². The molecule has 20 heavy (non-hydrogen) atoms. The summed E-state index contributed by atoms with van der Waals surface area (Å²) in [6, 6.07) is 19.6. The van der Waals surface area contributed by atoms with Gasteiger partial charge in [-0.25, -0.2) is 0 Å². The van der Waals surface area contributed by atoms with E-state index in [9.17, 15) is 0 Å². The molecule has 0 amide bonds. The van der Waals surface area contributed by atoms with Crippen molar-refractivity contribution in [3.63, 3.8) is 0 Å². The highest BCUT2D eigenvalue weighted by molar-refractivity contribution is 6.42. The summed E-state index contributed by atoms with van der Waals surface area (Å²) in [5.74, 6) is 0. The molecule has 3 heteroatoms. The normalized spacial score (nSPS) is 12.6. The predicted molar refractivity (Wildman–Crippen MR) is 86.4 cm³/mol. The second-order valence-electron chi connectivity index (χ2n) is 4.73. The van der Waals surface area contributed by atoms with Gasteiger partial charge in [0.1, 0.15) is 0 Å². The molecule has 0 heterocycles. The van der Waals surface area contributed by atoms with E-state index in [1.165, 1.54) is 10.8 Å². The fraction of sp³-hybridized carbons (Fsp3) is 0.0588. The average molecular weight is 302 g/mol. The molecule has 0 radical (unpaired) electrons. The first kappa shape index (κ1) is 13.4. The molecular weight excluding hydrogens is 289 g/mol. The lowest BCUT2D eigenvalue weighted by Gasteiger charge is -2.15. The Morgan fingerprint density at radius 1 is 0.800 bits per heavy atom. The Kier molecular flexibility index (Phi) is 3.66. The van der Waals surface area contributed by atoms with Crippen LogP contribution in [0.2, 0.25) is 10.0 Å². The Morgan fingerprint density at radius 3 is 2.35 bits per heavy atom. The molecule has 0 saturated heterocycles. The van der Waals surface area contributed by atoms with Gasteiger partial charge in [0.25, 0.3) is 0 Å². The molecule has 0 bridgehead atoms. The first-order valence-corrected chi connectivity index (χ1v) is 7.10. The van der Waals surface area contributed by atoms with Gasteiger partial charge in [-0.3, -0.25) is 0 Å². The minimum Gasteiger partial charge on any atom is -0.320 e. The predicted octanol–water partition coefficient (Wildman–Crippen LogP) is 5.19. The van der Waals surface area contributed by atoms with Crippen LogP contribution in [0.25, 0.3) is 10.8 Å². The number of benzene rings is 3. The van der Waals surface area contributed by atoms with E-state index in [2.05, 4.69) is 24.3 Å². The smallest absolute Gasteiger partial charge is 0.0643 e. The molecule has 0 aromatic heterocycles. The molecule has 0 aliphatic carbocycles. The number of hydrogen-bond acceptors (Lipinski definition) is 1. The second kappa shape index (κ2) is 5.45. The van der Waals surface area contributed by atoms with Gasteiger partial charge in [-0.15, -0.1) is 0 Å². The van der Waals surface area contributed by atoms with Crippen LogP contribution in [0.15, 0.2) is 60.7 Å². The first-order valence-electron chi connectivity index (χ1n) is 6.35. The van der Waals surface area contributed by atoms with E-state index in [0.717, 1.165) is 11.1 Å². The molecule has 1 atom stereocenters. The maximum absolute atomic E-state index is 6.33. The van der Waals surface area contributed by atoms with Crippen molar-refractivity contribution < 1.29 is 0 Å². The third-order valence-electron chi connectivity index (χ3n) is 3.45. The largest absolute Gasteiger partial charge is 0.320 e. The average Bonchev–Trinajstić information content (AvgIpc) is 2.49. The number of nitrogens with two attached hydrogens (primary N) is 1. The van der Waals surface area contributed by atoms with Crippen LogP contribution < -0.4 is 5.73 Å². The van der Waals surface area contributed by atoms with Crippen molar-refractivity contribution in [2.45, 2.75) is 6.04 Å². The summed E-state index contributed by atoms with van der Waals surface area (Å²) in [4.78, 5) is 0. The molecule has 2 N–H and O–H groups in total. The summed E-state index contributed by atoms with van der Waals surface area (Å²) in [6.45, 7) is 0. The van der Waals surface area contributed by atoms with Crippen molar-refractivity contribution in [2.24, 2.45) is 5.73 Å². The van der Waals surface area contributed by atoms with Crippen molar-refractivity contribution in [3.8, 4) is 0 Å². The molecule has 0 aliphatic rings. The summed E-state index contributed by atoms with van der Waals surface area (Å²) >= 11 is 12.3. The maximum atomic E-state index is 6.33. The molecule has 1 nitrogen and oxygen atoms in total. The van der Waals surface area contributed by atoms with Gasteiger partial charge in [0, 0.05) is 0 Å². The van der Waals surface area contributed by atoms with Crippen LogP contribution in [0.4, 0.5) is 0 Å². The molecule has 0 aliphatic heterocycles. The molecule has 100 valence electrons. The third-order valence-corrected chi connectivity index (χ3v) is 4.28. The standard InChI is InChI=1S/C17H13Cl2N/c18-15-7-3-6-14(16(15)19)17(20)13-9-8-11-4-1-2-5-12(11)10-13/h1-10,17H,20H2. The molecule has 3 rings (SSSR count). The van der Waals surface area contributed by atoms with Crippen molar-refractivity contribution in [3.05, 3.63) is 81.8 Å². The van der Waals surface area contributed by atoms with Gasteiger partial charge < -0.3 is 5.73 Å². The molecule has 3 aromatic carbocycles. The van der Waals surface area contributed by atoms with Crippen LogP contribution in [-0.4, -0.2) is 0 Å². The Hall–Kier alpha value is -1.54.